The molecule has 6 heteroatoms. The monoisotopic (exact) mass is 277 g/mol. The minimum atomic E-state index is 0.663. The van der Waals surface area contributed by atoms with Gasteiger partial charge in [-0.25, -0.2) is 4.98 Å². The zero-order chi connectivity index (χ0) is 12.4. The molecular formula is C12H11N3OS2. The fraction of sp³-hybridized carbons (Fsp3) is 0.250. The molecular weight excluding hydrogens is 266 g/mol. The Morgan fingerprint density at radius 2 is 2.17 bits per heavy atom. The van der Waals surface area contributed by atoms with Crippen molar-refractivity contribution in [3.8, 4) is 0 Å². The number of hydrogen-bond acceptors (Lipinski definition) is 6. The van der Waals surface area contributed by atoms with E-state index in [1.54, 1.807) is 23.1 Å². The summed E-state index contributed by atoms with van der Waals surface area (Å²) in [5, 5.41) is 3.87. The van der Waals surface area contributed by atoms with Gasteiger partial charge in [0.2, 0.25) is 5.89 Å². The van der Waals surface area contributed by atoms with E-state index in [4.69, 9.17) is 4.52 Å². The third-order valence-corrected chi connectivity index (χ3v) is 4.58. The van der Waals surface area contributed by atoms with Crippen molar-refractivity contribution in [1.29, 1.82) is 0 Å². The number of thioether (sulfide) groups is 1. The van der Waals surface area contributed by atoms with Crippen LogP contribution < -0.4 is 0 Å². The van der Waals surface area contributed by atoms with E-state index in [9.17, 15) is 0 Å². The molecule has 0 bridgehead atoms. The summed E-state index contributed by atoms with van der Waals surface area (Å²) in [7, 11) is 0. The maximum absolute atomic E-state index is 5.15. The van der Waals surface area contributed by atoms with Crippen LogP contribution in [-0.2, 0) is 12.2 Å². The molecule has 0 atom stereocenters. The van der Waals surface area contributed by atoms with Gasteiger partial charge in [0.05, 0.1) is 16.0 Å². The van der Waals surface area contributed by atoms with Gasteiger partial charge in [0.15, 0.2) is 10.2 Å². The van der Waals surface area contributed by atoms with Gasteiger partial charge in [0, 0.05) is 6.42 Å². The molecule has 0 saturated heterocycles. The second kappa shape index (κ2) is 5.07. The Kier molecular flexibility index (Phi) is 3.29. The second-order valence-corrected chi connectivity index (χ2v) is 5.95. The minimum Gasteiger partial charge on any atom is -0.338 e. The zero-order valence-electron chi connectivity index (χ0n) is 9.79. The molecule has 92 valence electrons. The molecule has 2 aromatic heterocycles. The molecule has 2 heterocycles. The van der Waals surface area contributed by atoms with Crippen molar-refractivity contribution in [1.82, 2.24) is 15.1 Å². The van der Waals surface area contributed by atoms with E-state index in [1.165, 1.54) is 4.70 Å². The molecule has 0 aliphatic heterocycles. The summed E-state index contributed by atoms with van der Waals surface area (Å²) >= 11 is 3.33. The molecule has 3 aromatic rings. The zero-order valence-corrected chi connectivity index (χ0v) is 11.4. The van der Waals surface area contributed by atoms with Crippen LogP contribution in [0.15, 0.2) is 33.1 Å². The summed E-state index contributed by atoms with van der Waals surface area (Å²) in [6, 6.07) is 8.14. The van der Waals surface area contributed by atoms with Crippen LogP contribution >= 0.6 is 23.1 Å². The molecule has 4 nitrogen and oxygen atoms in total. The Hall–Kier alpha value is -1.40. The lowest BCUT2D eigenvalue weighted by Crippen LogP contribution is -1.83. The summed E-state index contributed by atoms with van der Waals surface area (Å²) in [5.74, 6) is 2.10. The number of rotatable bonds is 4. The molecule has 0 N–H and O–H groups in total. The van der Waals surface area contributed by atoms with E-state index in [-0.39, 0.29) is 0 Å². The van der Waals surface area contributed by atoms with Gasteiger partial charge in [0.25, 0.3) is 0 Å². The Labute approximate surface area is 112 Å². The van der Waals surface area contributed by atoms with Gasteiger partial charge in [-0.15, -0.1) is 11.3 Å². The van der Waals surface area contributed by atoms with Gasteiger partial charge in [-0.3, -0.25) is 0 Å². The molecule has 0 aliphatic carbocycles. The topological polar surface area (TPSA) is 51.8 Å². The van der Waals surface area contributed by atoms with Crippen LogP contribution in [0.5, 0.6) is 0 Å². The van der Waals surface area contributed by atoms with Crippen molar-refractivity contribution in [2.45, 2.75) is 23.4 Å². The van der Waals surface area contributed by atoms with Gasteiger partial charge < -0.3 is 4.52 Å². The largest absolute Gasteiger partial charge is 0.338 e. The summed E-state index contributed by atoms with van der Waals surface area (Å²) in [6.45, 7) is 2.01. The van der Waals surface area contributed by atoms with Crippen LogP contribution in [-0.4, -0.2) is 15.1 Å². The first-order valence-electron chi connectivity index (χ1n) is 5.65. The molecule has 0 fully saturated rings. The summed E-state index contributed by atoms with van der Waals surface area (Å²) in [5.41, 5.74) is 1.05. The number of fused-ring (bicyclic) bond motifs is 1. The lowest BCUT2D eigenvalue weighted by molar-refractivity contribution is 0.385. The van der Waals surface area contributed by atoms with Crippen molar-refractivity contribution >= 4 is 33.3 Å². The molecule has 0 saturated carbocycles. The first kappa shape index (κ1) is 11.7. The van der Waals surface area contributed by atoms with E-state index in [2.05, 4.69) is 21.2 Å². The number of benzene rings is 1. The average Bonchev–Trinajstić information content (AvgIpc) is 3.02. The van der Waals surface area contributed by atoms with Crippen LogP contribution in [0.3, 0.4) is 0 Å². The van der Waals surface area contributed by atoms with Crippen molar-refractivity contribution in [3.05, 3.63) is 36.0 Å². The van der Waals surface area contributed by atoms with Crippen molar-refractivity contribution in [2.24, 2.45) is 0 Å². The van der Waals surface area contributed by atoms with Gasteiger partial charge >= 0.3 is 0 Å². The first-order chi connectivity index (χ1) is 8.85. The summed E-state index contributed by atoms with van der Waals surface area (Å²) < 4.78 is 7.39. The Morgan fingerprint density at radius 1 is 1.28 bits per heavy atom. The van der Waals surface area contributed by atoms with Crippen molar-refractivity contribution < 1.29 is 4.52 Å². The third-order valence-electron chi connectivity index (χ3n) is 2.42. The van der Waals surface area contributed by atoms with Gasteiger partial charge in [-0.2, -0.15) is 4.98 Å². The predicted molar refractivity (Wildman–Crippen MR) is 72.9 cm³/mol. The predicted octanol–water partition coefficient (Wildman–Crippen LogP) is 3.53. The van der Waals surface area contributed by atoms with E-state index < -0.39 is 0 Å². The van der Waals surface area contributed by atoms with E-state index in [0.717, 1.165) is 22.1 Å². The quantitative estimate of drug-likeness (QED) is 0.683. The normalized spacial score (nSPS) is 11.2. The van der Waals surface area contributed by atoms with Crippen LogP contribution in [0.2, 0.25) is 0 Å². The Bertz CT molecular complexity index is 629. The highest BCUT2D eigenvalue weighted by Gasteiger charge is 2.08. The molecule has 1 aromatic carbocycles. The first-order valence-corrected chi connectivity index (χ1v) is 7.45. The number of nitrogens with zero attached hydrogens (tertiary/aromatic N) is 3. The molecule has 18 heavy (non-hydrogen) atoms. The number of aryl methyl sites for hydroxylation is 1. The standard InChI is InChI=1S/C12H11N3OS2/c1-2-10-14-11(16-15-10)7-17-12-13-8-5-3-4-6-9(8)18-12/h3-6H,2,7H2,1H3. The molecule has 3 rings (SSSR count). The molecule has 0 unspecified atom stereocenters. The van der Waals surface area contributed by atoms with Crippen molar-refractivity contribution in [2.75, 3.05) is 0 Å². The smallest absolute Gasteiger partial charge is 0.237 e. The number of para-hydroxylation sites is 1. The fourth-order valence-electron chi connectivity index (χ4n) is 1.53. The van der Waals surface area contributed by atoms with Gasteiger partial charge in [0.1, 0.15) is 0 Å². The highest BCUT2D eigenvalue weighted by Crippen LogP contribution is 2.30. The lowest BCUT2D eigenvalue weighted by Gasteiger charge is -1.89. The molecule has 0 radical (unpaired) electrons. The molecule has 0 spiro atoms. The average molecular weight is 277 g/mol. The number of hydrogen-bond donors (Lipinski definition) is 0. The van der Waals surface area contributed by atoms with Gasteiger partial charge in [-0.05, 0) is 12.1 Å². The lowest BCUT2D eigenvalue weighted by atomic mass is 10.3. The number of aromatic nitrogens is 3. The summed E-state index contributed by atoms with van der Waals surface area (Å²) in [4.78, 5) is 8.82. The SMILES string of the molecule is CCc1noc(CSc2nc3ccccc3s2)n1. The van der Waals surface area contributed by atoms with E-state index in [1.807, 2.05) is 25.1 Å². The maximum Gasteiger partial charge on any atom is 0.237 e. The minimum absolute atomic E-state index is 0.663. The van der Waals surface area contributed by atoms with E-state index >= 15 is 0 Å². The Balaban J connectivity index is 1.72. The fourth-order valence-corrected chi connectivity index (χ4v) is 3.43. The maximum atomic E-state index is 5.15. The molecule has 0 amide bonds. The van der Waals surface area contributed by atoms with Crippen LogP contribution in [0.25, 0.3) is 10.2 Å². The van der Waals surface area contributed by atoms with E-state index in [0.29, 0.717) is 11.6 Å². The van der Waals surface area contributed by atoms with Gasteiger partial charge in [-0.1, -0.05) is 36.0 Å². The van der Waals surface area contributed by atoms with Crippen LogP contribution in [0.4, 0.5) is 0 Å². The summed E-state index contributed by atoms with van der Waals surface area (Å²) in [6.07, 6.45) is 0.801. The van der Waals surface area contributed by atoms with Crippen molar-refractivity contribution in [3.63, 3.8) is 0 Å². The second-order valence-electron chi connectivity index (χ2n) is 3.69. The number of thiazole rings is 1. The highest BCUT2D eigenvalue weighted by atomic mass is 32.2. The molecule has 0 aliphatic rings. The van der Waals surface area contributed by atoms with Crippen LogP contribution in [0, 0.1) is 0 Å². The Morgan fingerprint density at radius 3 is 2.94 bits per heavy atom. The highest BCUT2D eigenvalue weighted by molar-refractivity contribution is 8.00. The van der Waals surface area contributed by atoms with Crippen LogP contribution in [0.1, 0.15) is 18.6 Å². The third kappa shape index (κ3) is 2.39.